The lowest BCUT2D eigenvalue weighted by Crippen LogP contribution is -2.30. The number of carbonyl (C=O) groups excluding carboxylic acids is 3. The molecule has 0 saturated heterocycles. The van der Waals surface area contributed by atoms with Crippen LogP contribution in [0.2, 0.25) is 0 Å². The zero-order valence-corrected chi connectivity index (χ0v) is 34.9. The molecule has 0 aromatic heterocycles. The van der Waals surface area contributed by atoms with Crippen LogP contribution in [-0.2, 0) is 28.6 Å². The first-order valence-electron chi connectivity index (χ1n) is 21.5. The molecule has 1 unspecified atom stereocenters. The van der Waals surface area contributed by atoms with E-state index in [1.165, 1.54) is 25.7 Å². The summed E-state index contributed by atoms with van der Waals surface area (Å²) in [6.45, 7) is 6.20. The summed E-state index contributed by atoms with van der Waals surface area (Å²) in [4.78, 5) is 37.6. The molecular formula is C49H76O6. The SMILES string of the molecule is CC\C=C/C=C\C=C/C=C\C=C/CCCCCC(=O)OCC(COC(=O)CCC/C=C\CCCCCC)OC(=O)CCCCCCC\C=C/C=C\C=C/CC. The van der Waals surface area contributed by atoms with Gasteiger partial charge in [0.25, 0.3) is 0 Å². The quantitative estimate of drug-likeness (QED) is 0.0208. The average molecular weight is 761 g/mol. The second-order valence-corrected chi connectivity index (χ2v) is 13.7. The lowest BCUT2D eigenvalue weighted by atomic mass is 10.1. The smallest absolute Gasteiger partial charge is 0.306 e. The Morgan fingerprint density at radius 2 is 0.745 bits per heavy atom. The lowest BCUT2D eigenvalue weighted by molar-refractivity contribution is -0.167. The van der Waals surface area contributed by atoms with Crippen LogP contribution < -0.4 is 0 Å². The maximum atomic E-state index is 12.7. The molecule has 0 aliphatic rings. The summed E-state index contributed by atoms with van der Waals surface area (Å²) in [5.41, 5.74) is 0. The van der Waals surface area contributed by atoms with E-state index in [9.17, 15) is 14.4 Å². The van der Waals surface area contributed by atoms with Gasteiger partial charge < -0.3 is 14.2 Å². The van der Waals surface area contributed by atoms with Crippen LogP contribution >= 0.6 is 0 Å². The number of rotatable bonds is 36. The van der Waals surface area contributed by atoms with E-state index in [4.69, 9.17) is 14.2 Å². The molecule has 0 aliphatic carbocycles. The Morgan fingerprint density at radius 3 is 1.25 bits per heavy atom. The molecule has 6 nitrogen and oxygen atoms in total. The number of ether oxygens (including phenoxy) is 3. The maximum Gasteiger partial charge on any atom is 0.306 e. The predicted octanol–water partition coefficient (Wildman–Crippen LogP) is 13.6. The minimum Gasteiger partial charge on any atom is -0.462 e. The molecule has 0 amide bonds. The molecule has 0 rings (SSSR count). The molecule has 0 N–H and O–H groups in total. The molecule has 0 aliphatic heterocycles. The van der Waals surface area contributed by atoms with E-state index in [1.807, 2.05) is 54.7 Å². The molecule has 308 valence electrons. The van der Waals surface area contributed by atoms with Crippen molar-refractivity contribution >= 4 is 17.9 Å². The van der Waals surface area contributed by atoms with Crippen LogP contribution in [0.25, 0.3) is 0 Å². The highest BCUT2D eigenvalue weighted by molar-refractivity contribution is 5.71. The number of carbonyl (C=O) groups is 3. The summed E-state index contributed by atoms with van der Waals surface area (Å²) < 4.78 is 16.6. The Labute approximate surface area is 336 Å². The van der Waals surface area contributed by atoms with E-state index in [1.54, 1.807) is 0 Å². The summed E-state index contributed by atoms with van der Waals surface area (Å²) in [6.07, 6.45) is 56.5. The number of hydrogen-bond donors (Lipinski definition) is 0. The van der Waals surface area contributed by atoms with Crippen molar-refractivity contribution in [2.45, 2.75) is 168 Å². The molecule has 1 atom stereocenters. The Bertz CT molecular complexity index is 1200. The van der Waals surface area contributed by atoms with Gasteiger partial charge in [0.15, 0.2) is 6.10 Å². The van der Waals surface area contributed by atoms with Crippen molar-refractivity contribution in [2.75, 3.05) is 13.2 Å². The molecule has 0 saturated carbocycles. The molecule has 0 fully saturated rings. The van der Waals surface area contributed by atoms with Gasteiger partial charge in [0.2, 0.25) is 0 Å². The highest BCUT2D eigenvalue weighted by Gasteiger charge is 2.19. The topological polar surface area (TPSA) is 78.9 Å². The second-order valence-electron chi connectivity index (χ2n) is 13.7. The third-order valence-corrected chi connectivity index (χ3v) is 8.43. The summed E-state index contributed by atoms with van der Waals surface area (Å²) >= 11 is 0. The Morgan fingerprint density at radius 1 is 0.382 bits per heavy atom. The second kappa shape index (κ2) is 42.8. The average Bonchev–Trinajstić information content (AvgIpc) is 3.18. The third-order valence-electron chi connectivity index (χ3n) is 8.43. The lowest BCUT2D eigenvalue weighted by Gasteiger charge is -2.18. The van der Waals surface area contributed by atoms with Gasteiger partial charge in [0.1, 0.15) is 13.2 Å². The van der Waals surface area contributed by atoms with Crippen LogP contribution in [0.1, 0.15) is 162 Å². The molecule has 0 bridgehead atoms. The summed E-state index contributed by atoms with van der Waals surface area (Å²) in [5, 5.41) is 0. The third kappa shape index (κ3) is 41.1. The highest BCUT2D eigenvalue weighted by atomic mass is 16.6. The van der Waals surface area contributed by atoms with Gasteiger partial charge in [-0.25, -0.2) is 0 Å². The van der Waals surface area contributed by atoms with Crippen molar-refractivity contribution in [1.29, 1.82) is 0 Å². The van der Waals surface area contributed by atoms with Gasteiger partial charge in [-0.3, -0.25) is 14.4 Å². The van der Waals surface area contributed by atoms with Crippen LogP contribution in [-0.4, -0.2) is 37.2 Å². The fourth-order valence-electron chi connectivity index (χ4n) is 5.23. The van der Waals surface area contributed by atoms with E-state index in [-0.39, 0.29) is 37.5 Å². The van der Waals surface area contributed by atoms with E-state index < -0.39 is 6.10 Å². The van der Waals surface area contributed by atoms with Gasteiger partial charge in [-0.2, -0.15) is 0 Å². The Hall–Kier alpha value is -3.93. The van der Waals surface area contributed by atoms with Crippen LogP contribution in [0, 0.1) is 0 Å². The molecular weight excluding hydrogens is 685 g/mol. The maximum absolute atomic E-state index is 12.7. The monoisotopic (exact) mass is 761 g/mol. The molecule has 0 aromatic carbocycles. The fraction of sp³-hybridized carbons (Fsp3) is 0.571. The first kappa shape index (κ1) is 51.1. The Balaban J connectivity index is 4.54. The van der Waals surface area contributed by atoms with Gasteiger partial charge in [-0.05, 0) is 77.0 Å². The first-order valence-corrected chi connectivity index (χ1v) is 21.5. The van der Waals surface area contributed by atoms with Crippen molar-refractivity contribution < 1.29 is 28.6 Å². The molecule has 0 spiro atoms. The van der Waals surface area contributed by atoms with Crippen LogP contribution in [0.3, 0.4) is 0 Å². The number of esters is 3. The molecule has 0 aromatic rings. The zero-order valence-electron chi connectivity index (χ0n) is 34.9. The van der Waals surface area contributed by atoms with Gasteiger partial charge in [0, 0.05) is 19.3 Å². The number of hydrogen-bond acceptors (Lipinski definition) is 6. The van der Waals surface area contributed by atoms with E-state index in [0.29, 0.717) is 19.3 Å². The van der Waals surface area contributed by atoms with Crippen molar-refractivity contribution in [3.8, 4) is 0 Å². The van der Waals surface area contributed by atoms with Crippen molar-refractivity contribution in [3.63, 3.8) is 0 Å². The normalized spacial score (nSPS) is 13.1. The minimum absolute atomic E-state index is 0.119. The fourth-order valence-corrected chi connectivity index (χ4v) is 5.23. The summed E-state index contributed by atoms with van der Waals surface area (Å²) in [6, 6.07) is 0. The van der Waals surface area contributed by atoms with Gasteiger partial charge >= 0.3 is 17.9 Å². The molecule has 55 heavy (non-hydrogen) atoms. The summed E-state index contributed by atoms with van der Waals surface area (Å²) in [5.74, 6) is -1.03. The predicted molar refractivity (Wildman–Crippen MR) is 233 cm³/mol. The first-order chi connectivity index (χ1) is 27.0. The van der Waals surface area contributed by atoms with Gasteiger partial charge in [0.05, 0.1) is 0 Å². The number of unbranched alkanes of at least 4 members (excludes halogenated alkanes) is 13. The van der Waals surface area contributed by atoms with Crippen molar-refractivity contribution in [3.05, 3.63) is 109 Å². The minimum atomic E-state index is -0.816. The van der Waals surface area contributed by atoms with Crippen LogP contribution in [0.4, 0.5) is 0 Å². The van der Waals surface area contributed by atoms with Gasteiger partial charge in [-0.15, -0.1) is 0 Å². The molecule has 0 radical (unpaired) electrons. The number of allylic oxidation sites excluding steroid dienone is 18. The van der Waals surface area contributed by atoms with E-state index in [0.717, 1.165) is 89.9 Å². The van der Waals surface area contributed by atoms with Crippen molar-refractivity contribution in [2.24, 2.45) is 0 Å². The van der Waals surface area contributed by atoms with Gasteiger partial charge in [-0.1, -0.05) is 175 Å². The van der Waals surface area contributed by atoms with E-state index in [2.05, 4.69) is 75.5 Å². The Kier molecular flexibility index (Phi) is 39.7. The highest BCUT2D eigenvalue weighted by Crippen LogP contribution is 2.11. The van der Waals surface area contributed by atoms with E-state index >= 15 is 0 Å². The van der Waals surface area contributed by atoms with Crippen LogP contribution in [0.5, 0.6) is 0 Å². The standard InChI is InChI=1S/C49H76O6/c1-4-7-10-13-16-19-21-23-24-26-27-30-33-36-39-42-48(51)54-45-46(44-53-47(50)41-38-35-32-29-18-15-12-9-6-3)55-49(52)43-40-37-34-31-28-25-22-20-17-14-11-8-5-2/h7-8,10-11,13-14,16-17,19-24,26-27,29,32,46H,4-6,9,12,15,18,25,28,30-31,33-45H2,1-3H3/b10-7-,11-8-,16-13-,17-14-,21-19-,22-20-,24-23-,27-26-,32-29-. The summed E-state index contributed by atoms with van der Waals surface area (Å²) in [7, 11) is 0. The van der Waals surface area contributed by atoms with Crippen LogP contribution in [0.15, 0.2) is 109 Å². The molecule has 6 heteroatoms. The van der Waals surface area contributed by atoms with Crippen molar-refractivity contribution in [1.82, 2.24) is 0 Å². The zero-order chi connectivity index (χ0) is 40.1. The largest absolute Gasteiger partial charge is 0.462 e. The molecule has 0 heterocycles.